The summed E-state index contributed by atoms with van der Waals surface area (Å²) in [5, 5.41) is 9.33. The first-order valence-electron chi connectivity index (χ1n) is 15.4. The molecule has 0 unspecified atom stereocenters. The highest BCUT2D eigenvalue weighted by Gasteiger charge is 2.32. The number of hydrogen-bond donors (Lipinski definition) is 3. The van der Waals surface area contributed by atoms with Crippen molar-refractivity contribution in [3.8, 4) is 23.0 Å². The first kappa shape index (κ1) is 31.8. The number of piperidine rings is 1. The largest absolute Gasteiger partial charge is 0.496 e. The number of rotatable bonds is 7. The van der Waals surface area contributed by atoms with Gasteiger partial charge in [-0.2, -0.15) is 0 Å². The zero-order chi connectivity index (χ0) is 31.6. The number of carbonyl (C=O) groups is 2. The number of nitrogens with zero attached hydrogens (tertiary/aromatic N) is 3. The Labute approximate surface area is 263 Å². The molecule has 6 rings (SSSR count). The van der Waals surface area contributed by atoms with Gasteiger partial charge < -0.3 is 34.9 Å². The third-order valence-corrected chi connectivity index (χ3v) is 7.87. The highest BCUT2D eigenvalue weighted by atomic mass is 16.5. The quantitative estimate of drug-likeness (QED) is 0.363. The standard InChI is InChI=1S/C33H42N6O6/c1-4-12-34-33-36-16-23(17-37-33)19-39-13-11-27-26(20-39)38-32(41)21-44-30-14-22(5-9-28(30)42-2)6-10-31(40)35-18-24-7-8-25(45-27)15-29(24)43-3/h5,7-9,14-17,26-27H,4,6,10-13,18-21H2,1-3H3,(H,35,40)(H,38,41)(H,34,36,37)/t26-,27+/m1/s1. The fraction of sp³-hybridized carbons (Fsp3) is 0.455. The van der Waals surface area contributed by atoms with E-state index in [1.54, 1.807) is 20.3 Å². The van der Waals surface area contributed by atoms with E-state index in [1.807, 2.05) is 42.7 Å². The Morgan fingerprint density at radius 2 is 1.84 bits per heavy atom. The van der Waals surface area contributed by atoms with E-state index in [0.29, 0.717) is 67.8 Å². The summed E-state index contributed by atoms with van der Waals surface area (Å²) >= 11 is 0. The molecule has 2 aromatic carbocycles. The molecular formula is C33H42N6O6. The smallest absolute Gasteiger partial charge is 0.258 e. The molecule has 1 fully saturated rings. The molecule has 1 saturated heterocycles. The van der Waals surface area contributed by atoms with Crippen LogP contribution in [0.2, 0.25) is 0 Å². The predicted octanol–water partition coefficient (Wildman–Crippen LogP) is 3.10. The van der Waals surface area contributed by atoms with Gasteiger partial charge in [0, 0.05) is 68.7 Å². The molecule has 3 aliphatic rings. The van der Waals surface area contributed by atoms with E-state index in [2.05, 4.69) is 37.7 Å². The summed E-state index contributed by atoms with van der Waals surface area (Å²) in [4.78, 5) is 37.1. The summed E-state index contributed by atoms with van der Waals surface area (Å²) in [6.07, 6.45) is 5.85. The number of nitrogens with one attached hydrogen (secondary N) is 3. The summed E-state index contributed by atoms with van der Waals surface area (Å²) in [7, 11) is 3.15. The molecule has 0 radical (unpaired) electrons. The molecule has 45 heavy (non-hydrogen) atoms. The fourth-order valence-corrected chi connectivity index (χ4v) is 5.48. The number of likely N-dealkylation sites (tertiary alicyclic amines) is 1. The zero-order valence-electron chi connectivity index (χ0n) is 26.1. The summed E-state index contributed by atoms with van der Waals surface area (Å²) < 4.78 is 23.5. The number of benzene rings is 2. The lowest BCUT2D eigenvalue weighted by molar-refractivity contribution is -0.125. The third kappa shape index (κ3) is 8.75. The van der Waals surface area contributed by atoms with Gasteiger partial charge in [-0.15, -0.1) is 0 Å². The predicted molar refractivity (Wildman–Crippen MR) is 169 cm³/mol. The average Bonchev–Trinajstić information content (AvgIpc) is 3.06. The number of fused-ring (bicyclic) bond motifs is 9. The number of anilines is 1. The molecule has 0 spiro atoms. The second-order valence-corrected chi connectivity index (χ2v) is 11.2. The fourth-order valence-electron chi connectivity index (χ4n) is 5.48. The minimum Gasteiger partial charge on any atom is -0.496 e. The van der Waals surface area contributed by atoms with Gasteiger partial charge in [-0.3, -0.25) is 14.5 Å². The van der Waals surface area contributed by atoms with Gasteiger partial charge in [0.05, 0.1) is 20.3 Å². The molecule has 240 valence electrons. The van der Waals surface area contributed by atoms with Crippen LogP contribution in [-0.4, -0.2) is 79.3 Å². The molecule has 0 aliphatic carbocycles. The van der Waals surface area contributed by atoms with Crippen molar-refractivity contribution in [3.05, 3.63) is 65.5 Å². The van der Waals surface area contributed by atoms with Crippen LogP contribution in [0.15, 0.2) is 48.8 Å². The second kappa shape index (κ2) is 15.4. The van der Waals surface area contributed by atoms with Crippen LogP contribution in [0, 0.1) is 0 Å². The van der Waals surface area contributed by atoms with Crippen LogP contribution in [0.25, 0.3) is 0 Å². The maximum Gasteiger partial charge on any atom is 0.258 e. The number of methoxy groups -OCH3 is 2. The van der Waals surface area contributed by atoms with Crippen molar-refractivity contribution in [2.75, 3.05) is 45.8 Å². The maximum absolute atomic E-state index is 13.3. The van der Waals surface area contributed by atoms with Crippen LogP contribution in [0.1, 0.15) is 42.9 Å². The average molecular weight is 619 g/mol. The number of hydrogen-bond acceptors (Lipinski definition) is 10. The number of amides is 2. The van der Waals surface area contributed by atoms with Crippen molar-refractivity contribution >= 4 is 17.8 Å². The molecule has 4 bridgehead atoms. The SMILES string of the molecule is CCCNc1ncc(CN2CC[C@@H]3Oc4ccc(c(OC)c4)CNC(=O)CCc4ccc(OC)c(c4)OCC(=O)N[C@@H]3C2)cn1. The van der Waals surface area contributed by atoms with Gasteiger partial charge in [-0.25, -0.2) is 9.97 Å². The van der Waals surface area contributed by atoms with E-state index in [9.17, 15) is 9.59 Å². The lowest BCUT2D eigenvalue weighted by atomic mass is 10.0. The molecule has 2 atom stereocenters. The van der Waals surface area contributed by atoms with Gasteiger partial charge in [0.2, 0.25) is 11.9 Å². The Bertz CT molecular complexity index is 1450. The van der Waals surface area contributed by atoms with Crippen LogP contribution >= 0.6 is 0 Å². The maximum atomic E-state index is 13.3. The van der Waals surface area contributed by atoms with Crippen molar-refractivity contribution in [2.24, 2.45) is 0 Å². The summed E-state index contributed by atoms with van der Waals surface area (Å²) in [6, 6.07) is 10.8. The molecule has 0 saturated carbocycles. The van der Waals surface area contributed by atoms with Crippen molar-refractivity contribution < 1.29 is 28.5 Å². The Balaban J connectivity index is 1.36. The van der Waals surface area contributed by atoms with Crippen LogP contribution in [-0.2, 0) is 29.1 Å². The van der Waals surface area contributed by atoms with Crippen LogP contribution in [0.4, 0.5) is 5.95 Å². The van der Waals surface area contributed by atoms with E-state index in [4.69, 9.17) is 18.9 Å². The first-order valence-corrected chi connectivity index (χ1v) is 15.4. The Kier molecular flexibility index (Phi) is 10.9. The number of aryl methyl sites for hydroxylation is 1. The first-order chi connectivity index (χ1) is 21.9. The summed E-state index contributed by atoms with van der Waals surface area (Å²) in [6.45, 7) is 5.00. The topological polar surface area (TPSA) is 136 Å². The van der Waals surface area contributed by atoms with Crippen LogP contribution in [0.5, 0.6) is 23.0 Å². The number of aromatic nitrogens is 2. The lowest BCUT2D eigenvalue weighted by Gasteiger charge is -2.38. The van der Waals surface area contributed by atoms with Gasteiger partial charge in [-0.05, 0) is 49.1 Å². The molecule has 1 aromatic heterocycles. The zero-order valence-corrected chi connectivity index (χ0v) is 26.1. The van der Waals surface area contributed by atoms with E-state index < -0.39 is 0 Å². The molecular weight excluding hydrogens is 576 g/mol. The van der Waals surface area contributed by atoms with Crippen molar-refractivity contribution in [3.63, 3.8) is 0 Å². The van der Waals surface area contributed by atoms with Gasteiger partial charge in [0.1, 0.15) is 17.6 Å². The van der Waals surface area contributed by atoms with Crippen molar-refractivity contribution in [1.82, 2.24) is 25.5 Å². The molecule has 4 heterocycles. The van der Waals surface area contributed by atoms with Gasteiger partial charge >= 0.3 is 0 Å². The molecule has 12 nitrogen and oxygen atoms in total. The monoisotopic (exact) mass is 618 g/mol. The van der Waals surface area contributed by atoms with E-state index in [1.165, 1.54) is 0 Å². The van der Waals surface area contributed by atoms with E-state index in [-0.39, 0.29) is 30.6 Å². The lowest BCUT2D eigenvalue weighted by Crippen LogP contribution is -2.57. The van der Waals surface area contributed by atoms with Gasteiger partial charge in [0.25, 0.3) is 5.91 Å². The normalized spacial score (nSPS) is 19.4. The third-order valence-electron chi connectivity index (χ3n) is 7.87. The molecule has 3 aromatic rings. The molecule has 3 N–H and O–H groups in total. The minimum atomic E-state index is -0.318. The summed E-state index contributed by atoms with van der Waals surface area (Å²) in [5.41, 5.74) is 2.73. The van der Waals surface area contributed by atoms with E-state index >= 15 is 0 Å². The molecule has 3 aliphatic heterocycles. The van der Waals surface area contributed by atoms with Gasteiger partial charge in [0.15, 0.2) is 18.1 Å². The second-order valence-electron chi connectivity index (χ2n) is 11.2. The molecule has 12 heteroatoms. The molecule has 2 amide bonds. The van der Waals surface area contributed by atoms with Crippen LogP contribution < -0.4 is 34.9 Å². The Morgan fingerprint density at radius 1 is 1.02 bits per heavy atom. The Morgan fingerprint density at radius 3 is 2.62 bits per heavy atom. The minimum absolute atomic E-state index is 0.0850. The van der Waals surface area contributed by atoms with Crippen LogP contribution in [0.3, 0.4) is 0 Å². The Hall–Kier alpha value is -4.58. The number of ether oxygens (including phenoxy) is 4. The number of carbonyl (C=O) groups excluding carboxylic acids is 2. The highest BCUT2D eigenvalue weighted by molar-refractivity contribution is 5.78. The highest BCUT2D eigenvalue weighted by Crippen LogP contribution is 2.30. The van der Waals surface area contributed by atoms with Crippen molar-refractivity contribution in [2.45, 2.75) is 57.8 Å². The van der Waals surface area contributed by atoms with Gasteiger partial charge in [-0.1, -0.05) is 13.0 Å². The van der Waals surface area contributed by atoms with Crippen molar-refractivity contribution in [1.29, 1.82) is 0 Å². The summed E-state index contributed by atoms with van der Waals surface area (Å²) in [5.74, 6) is 2.46. The van der Waals surface area contributed by atoms with E-state index in [0.717, 1.165) is 36.2 Å².